The van der Waals surface area contributed by atoms with Crippen molar-refractivity contribution in [1.82, 2.24) is 5.32 Å². The minimum atomic E-state index is -0.304. The fourth-order valence-corrected chi connectivity index (χ4v) is 1.89. The standard InChI is InChI=1S/C17H20N2O4/c1-3-22-15-8-10-16(11-9-15)23-12-18-17(21)19(2)13-4-6-14(20)7-5-13/h4-11,20H,3,12H2,1-2H3,(H,18,21). The predicted octanol–water partition coefficient (Wildman–Crippen LogP) is 2.97. The number of anilines is 1. The number of carbonyl (C=O) groups is 1. The minimum absolute atomic E-state index is 0.0508. The Labute approximate surface area is 135 Å². The first-order chi connectivity index (χ1) is 11.1. The number of ether oxygens (including phenoxy) is 2. The third-order valence-corrected chi connectivity index (χ3v) is 3.14. The highest BCUT2D eigenvalue weighted by Gasteiger charge is 2.10. The van der Waals surface area contributed by atoms with Crippen LogP contribution in [-0.2, 0) is 0 Å². The summed E-state index contributed by atoms with van der Waals surface area (Å²) in [4.78, 5) is 13.4. The molecule has 0 spiro atoms. The molecule has 0 heterocycles. The normalized spacial score (nSPS) is 10.0. The topological polar surface area (TPSA) is 71.0 Å². The molecule has 0 saturated carbocycles. The quantitative estimate of drug-likeness (QED) is 0.804. The molecule has 0 atom stereocenters. The molecule has 122 valence electrons. The summed E-state index contributed by atoms with van der Waals surface area (Å²) in [7, 11) is 1.64. The molecule has 0 aliphatic rings. The maximum atomic E-state index is 12.0. The summed E-state index contributed by atoms with van der Waals surface area (Å²) in [5.41, 5.74) is 0.668. The van der Waals surface area contributed by atoms with Crippen LogP contribution in [0.15, 0.2) is 48.5 Å². The van der Waals surface area contributed by atoms with Crippen molar-refractivity contribution in [3.8, 4) is 17.2 Å². The average Bonchev–Trinajstić information content (AvgIpc) is 2.56. The molecule has 0 unspecified atom stereocenters. The molecule has 2 amide bonds. The maximum Gasteiger partial charge on any atom is 0.324 e. The Balaban J connectivity index is 1.80. The van der Waals surface area contributed by atoms with Crippen LogP contribution in [-0.4, -0.2) is 31.5 Å². The van der Waals surface area contributed by atoms with Gasteiger partial charge in [-0.1, -0.05) is 0 Å². The van der Waals surface area contributed by atoms with E-state index in [1.807, 2.05) is 19.1 Å². The first-order valence-electron chi connectivity index (χ1n) is 7.26. The van der Waals surface area contributed by atoms with Crippen molar-refractivity contribution in [3.05, 3.63) is 48.5 Å². The zero-order chi connectivity index (χ0) is 16.7. The molecule has 23 heavy (non-hydrogen) atoms. The molecule has 0 saturated heterocycles. The van der Waals surface area contributed by atoms with Crippen molar-refractivity contribution >= 4 is 11.7 Å². The van der Waals surface area contributed by atoms with Gasteiger partial charge in [0, 0.05) is 12.7 Å². The highest BCUT2D eigenvalue weighted by Crippen LogP contribution is 2.18. The number of nitrogens with one attached hydrogen (secondary N) is 1. The number of nitrogens with zero attached hydrogens (tertiary/aromatic N) is 1. The van der Waals surface area contributed by atoms with E-state index in [-0.39, 0.29) is 18.5 Å². The van der Waals surface area contributed by atoms with Gasteiger partial charge < -0.3 is 19.9 Å². The van der Waals surface area contributed by atoms with Crippen molar-refractivity contribution in [1.29, 1.82) is 0 Å². The molecule has 0 aliphatic heterocycles. The van der Waals surface area contributed by atoms with Crippen molar-refractivity contribution < 1.29 is 19.4 Å². The van der Waals surface area contributed by atoms with Crippen LogP contribution < -0.4 is 19.7 Å². The number of carbonyl (C=O) groups excluding carboxylic acids is 1. The molecule has 2 aromatic carbocycles. The van der Waals surface area contributed by atoms with E-state index >= 15 is 0 Å². The van der Waals surface area contributed by atoms with Crippen molar-refractivity contribution in [2.24, 2.45) is 0 Å². The van der Waals surface area contributed by atoms with Crippen molar-refractivity contribution in [2.45, 2.75) is 6.92 Å². The van der Waals surface area contributed by atoms with Crippen molar-refractivity contribution in [2.75, 3.05) is 25.3 Å². The summed E-state index contributed by atoms with van der Waals surface area (Å²) < 4.78 is 10.8. The van der Waals surface area contributed by atoms with E-state index in [1.54, 1.807) is 31.3 Å². The summed E-state index contributed by atoms with van der Waals surface area (Å²) in [5, 5.41) is 11.9. The number of aromatic hydroxyl groups is 1. The number of hydrogen-bond acceptors (Lipinski definition) is 4. The Hall–Kier alpha value is -2.89. The summed E-state index contributed by atoms with van der Waals surface area (Å²) >= 11 is 0. The lowest BCUT2D eigenvalue weighted by Crippen LogP contribution is -2.39. The highest BCUT2D eigenvalue weighted by atomic mass is 16.5. The largest absolute Gasteiger partial charge is 0.508 e. The number of urea groups is 1. The van der Waals surface area contributed by atoms with Gasteiger partial charge in [-0.15, -0.1) is 0 Å². The Kier molecular flexibility index (Phi) is 5.68. The molecule has 2 aromatic rings. The van der Waals surface area contributed by atoms with Crippen LogP contribution in [0.1, 0.15) is 6.92 Å². The second-order valence-electron chi connectivity index (χ2n) is 4.75. The van der Waals surface area contributed by atoms with Gasteiger partial charge in [-0.2, -0.15) is 0 Å². The van der Waals surface area contributed by atoms with Crippen molar-refractivity contribution in [3.63, 3.8) is 0 Å². The summed E-state index contributed by atoms with van der Waals surface area (Å²) in [6.07, 6.45) is 0. The molecule has 0 bridgehead atoms. The fraction of sp³-hybridized carbons (Fsp3) is 0.235. The smallest absolute Gasteiger partial charge is 0.324 e. The number of benzene rings is 2. The van der Waals surface area contributed by atoms with Crippen LogP contribution in [0.2, 0.25) is 0 Å². The van der Waals surface area contributed by atoms with Gasteiger partial charge in [-0.05, 0) is 55.5 Å². The SMILES string of the molecule is CCOc1ccc(OCNC(=O)N(C)c2ccc(O)cc2)cc1. The fourth-order valence-electron chi connectivity index (χ4n) is 1.89. The van der Waals surface area contributed by atoms with E-state index in [0.29, 0.717) is 18.0 Å². The zero-order valence-electron chi connectivity index (χ0n) is 13.2. The summed E-state index contributed by atoms with van der Waals surface area (Å²) in [6, 6.07) is 13.2. The molecular formula is C17H20N2O4. The number of hydrogen-bond donors (Lipinski definition) is 2. The molecule has 0 aliphatic carbocycles. The Bertz CT molecular complexity index is 626. The molecule has 0 aromatic heterocycles. The number of phenols is 1. The van der Waals surface area contributed by atoms with Crippen LogP contribution in [0, 0.1) is 0 Å². The van der Waals surface area contributed by atoms with E-state index in [9.17, 15) is 9.90 Å². The third-order valence-electron chi connectivity index (χ3n) is 3.14. The zero-order valence-corrected chi connectivity index (χ0v) is 13.2. The molecule has 6 heteroatoms. The van der Waals surface area contributed by atoms with E-state index in [0.717, 1.165) is 5.75 Å². The monoisotopic (exact) mass is 316 g/mol. The van der Waals surface area contributed by atoms with Gasteiger partial charge in [-0.3, -0.25) is 4.90 Å². The third kappa shape index (κ3) is 4.81. The van der Waals surface area contributed by atoms with Crippen LogP contribution in [0.3, 0.4) is 0 Å². The van der Waals surface area contributed by atoms with Gasteiger partial charge in [0.05, 0.1) is 6.61 Å². The Morgan fingerprint density at radius 1 is 1.04 bits per heavy atom. The van der Waals surface area contributed by atoms with E-state index in [1.165, 1.54) is 17.0 Å². The predicted molar refractivity (Wildman–Crippen MR) is 88.1 cm³/mol. The van der Waals surface area contributed by atoms with Gasteiger partial charge in [0.15, 0.2) is 6.73 Å². The molecule has 0 fully saturated rings. The lowest BCUT2D eigenvalue weighted by Gasteiger charge is -2.18. The van der Waals surface area contributed by atoms with Gasteiger partial charge >= 0.3 is 6.03 Å². The lowest BCUT2D eigenvalue weighted by molar-refractivity contribution is 0.230. The number of phenolic OH excluding ortho intramolecular Hbond substituents is 1. The van der Waals surface area contributed by atoms with Gasteiger partial charge in [-0.25, -0.2) is 4.79 Å². The molecule has 6 nitrogen and oxygen atoms in total. The Morgan fingerprint density at radius 2 is 1.61 bits per heavy atom. The van der Waals surface area contributed by atoms with Gasteiger partial charge in [0.2, 0.25) is 0 Å². The number of rotatable bonds is 6. The van der Waals surface area contributed by atoms with Crippen LogP contribution >= 0.6 is 0 Å². The van der Waals surface area contributed by atoms with E-state index in [2.05, 4.69) is 5.32 Å². The summed E-state index contributed by atoms with van der Waals surface area (Å²) in [5.74, 6) is 1.57. The van der Waals surface area contributed by atoms with Crippen LogP contribution in [0.25, 0.3) is 0 Å². The molecule has 2 N–H and O–H groups in total. The Morgan fingerprint density at radius 3 is 2.17 bits per heavy atom. The first-order valence-corrected chi connectivity index (χ1v) is 7.26. The van der Waals surface area contributed by atoms with Crippen LogP contribution in [0.4, 0.5) is 10.5 Å². The average molecular weight is 316 g/mol. The molecular weight excluding hydrogens is 296 g/mol. The molecule has 2 rings (SSSR count). The van der Waals surface area contributed by atoms with E-state index in [4.69, 9.17) is 9.47 Å². The van der Waals surface area contributed by atoms with E-state index < -0.39 is 0 Å². The number of amides is 2. The van der Waals surface area contributed by atoms with Gasteiger partial charge in [0.1, 0.15) is 17.2 Å². The first kappa shape index (κ1) is 16.5. The second-order valence-corrected chi connectivity index (χ2v) is 4.75. The molecule has 0 radical (unpaired) electrons. The van der Waals surface area contributed by atoms with Gasteiger partial charge in [0.25, 0.3) is 0 Å². The van der Waals surface area contributed by atoms with Crippen LogP contribution in [0.5, 0.6) is 17.2 Å². The maximum absolute atomic E-state index is 12.0. The summed E-state index contributed by atoms with van der Waals surface area (Å²) in [6.45, 7) is 2.58. The highest BCUT2D eigenvalue weighted by molar-refractivity contribution is 5.91. The minimum Gasteiger partial charge on any atom is -0.508 e. The lowest BCUT2D eigenvalue weighted by atomic mass is 10.3. The second kappa shape index (κ2) is 7.93.